The minimum Gasteiger partial charge on any atom is -0.382 e. The summed E-state index contributed by atoms with van der Waals surface area (Å²) >= 11 is 0. The molecule has 3 saturated heterocycles. The van der Waals surface area contributed by atoms with Crippen molar-refractivity contribution in [3.8, 4) is 0 Å². The number of hydrogen-bond donors (Lipinski definition) is 4. The highest BCUT2D eigenvalue weighted by Gasteiger charge is 2.52. The SMILES string of the molecule is Nc1ncnc2c1ncn2[C@@H]1O[C@@H]2CNS(=O)(=O)O[C@H]3C[C@H](n4cnc5c(=O)[nH]ncc54)O[C@@H]3COP(=O)(O)O[C@H]2[C@H]1F. The number of fused-ring (bicyclic) bond motifs is 4. The van der Waals surface area contributed by atoms with Gasteiger partial charge in [-0.3, -0.25) is 22.6 Å². The van der Waals surface area contributed by atoms with Gasteiger partial charge < -0.3 is 24.7 Å². The molecular formula is C20H22FN10O10PS. The van der Waals surface area contributed by atoms with Crippen LogP contribution in [0.5, 0.6) is 0 Å². The Morgan fingerprint density at radius 2 is 1.88 bits per heavy atom. The number of halogens is 1. The molecule has 0 saturated carbocycles. The highest BCUT2D eigenvalue weighted by Crippen LogP contribution is 2.50. The first-order valence-corrected chi connectivity index (χ1v) is 15.5. The van der Waals surface area contributed by atoms with Gasteiger partial charge in [0.05, 0.1) is 31.0 Å². The molecule has 0 aromatic carbocycles. The number of nitrogens with one attached hydrogen (secondary N) is 2. The molecule has 43 heavy (non-hydrogen) atoms. The minimum atomic E-state index is -4.99. The Balaban J connectivity index is 1.15. The zero-order chi connectivity index (χ0) is 30.1. The van der Waals surface area contributed by atoms with Gasteiger partial charge in [-0.05, 0) is 0 Å². The monoisotopic (exact) mass is 644 g/mol. The van der Waals surface area contributed by atoms with Gasteiger partial charge in [0, 0.05) is 13.0 Å². The summed E-state index contributed by atoms with van der Waals surface area (Å²) in [5.74, 6) is 0.0274. The van der Waals surface area contributed by atoms with Crippen LogP contribution in [0.4, 0.5) is 10.2 Å². The highest BCUT2D eigenvalue weighted by molar-refractivity contribution is 7.84. The van der Waals surface area contributed by atoms with E-state index in [0.717, 1.165) is 6.33 Å². The first-order valence-electron chi connectivity index (χ1n) is 12.6. The molecule has 5 N–H and O–H groups in total. The van der Waals surface area contributed by atoms with Crippen LogP contribution in [0.3, 0.4) is 0 Å². The Bertz CT molecular complexity index is 1920. The van der Waals surface area contributed by atoms with Crippen LogP contribution in [-0.4, -0.2) is 96.3 Å². The van der Waals surface area contributed by atoms with Crippen molar-refractivity contribution < 1.29 is 45.0 Å². The molecule has 8 atom stereocenters. The maximum absolute atomic E-state index is 15.8. The summed E-state index contributed by atoms with van der Waals surface area (Å²) in [6.45, 7) is -1.30. The summed E-state index contributed by atoms with van der Waals surface area (Å²) in [4.78, 5) is 38.5. The number of anilines is 1. The maximum Gasteiger partial charge on any atom is 0.472 e. The molecule has 0 aliphatic carbocycles. The van der Waals surface area contributed by atoms with Gasteiger partial charge in [0.2, 0.25) is 0 Å². The predicted molar refractivity (Wildman–Crippen MR) is 138 cm³/mol. The lowest BCUT2D eigenvalue weighted by molar-refractivity contribution is -0.0468. The molecule has 0 amide bonds. The van der Waals surface area contributed by atoms with E-state index in [-0.39, 0.29) is 34.4 Å². The molecule has 3 aliphatic heterocycles. The maximum atomic E-state index is 15.8. The third-order valence-corrected chi connectivity index (χ3v) is 9.19. The van der Waals surface area contributed by atoms with Crippen LogP contribution in [-0.2, 0) is 37.6 Å². The second-order valence-corrected chi connectivity index (χ2v) is 12.6. The zero-order valence-electron chi connectivity index (χ0n) is 21.5. The fourth-order valence-corrected chi connectivity index (χ4v) is 7.15. The van der Waals surface area contributed by atoms with E-state index in [1.165, 1.54) is 28.0 Å². The van der Waals surface area contributed by atoms with Crippen molar-refractivity contribution in [1.29, 1.82) is 0 Å². The van der Waals surface area contributed by atoms with Crippen LogP contribution in [0.1, 0.15) is 18.9 Å². The number of ether oxygens (including phenoxy) is 2. The van der Waals surface area contributed by atoms with Gasteiger partial charge >= 0.3 is 18.1 Å². The van der Waals surface area contributed by atoms with Crippen LogP contribution >= 0.6 is 7.82 Å². The highest BCUT2D eigenvalue weighted by atomic mass is 32.2. The van der Waals surface area contributed by atoms with Gasteiger partial charge in [-0.25, -0.2) is 34.0 Å². The number of H-pyrrole nitrogens is 1. The molecule has 1 unspecified atom stereocenters. The fraction of sp³-hybridized carbons (Fsp3) is 0.500. The average molecular weight is 644 g/mol. The molecule has 230 valence electrons. The third-order valence-electron chi connectivity index (χ3n) is 7.19. The first kappa shape index (κ1) is 28.3. The molecule has 20 nitrogen and oxygen atoms in total. The minimum absolute atomic E-state index is 0.0274. The van der Waals surface area contributed by atoms with Crippen molar-refractivity contribution in [2.75, 3.05) is 18.9 Å². The van der Waals surface area contributed by atoms with Crippen molar-refractivity contribution in [1.82, 2.24) is 44.0 Å². The number of imidazole rings is 2. The van der Waals surface area contributed by atoms with E-state index in [1.807, 2.05) is 0 Å². The van der Waals surface area contributed by atoms with E-state index < -0.39 is 79.9 Å². The van der Waals surface area contributed by atoms with E-state index in [1.54, 1.807) is 0 Å². The zero-order valence-corrected chi connectivity index (χ0v) is 23.2. The Kier molecular flexibility index (Phi) is 6.79. The lowest BCUT2D eigenvalue weighted by Crippen LogP contribution is -2.43. The quantitative estimate of drug-likeness (QED) is 0.187. The summed E-state index contributed by atoms with van der Waals surface area (Å²) in [5, 5.41) is 5.99. The van der Waals surface area contributed by atoms with Crippen LogP contribution in [0.2, 0.25) is 0 Å². The van der Waals surface area contributed by atoms with Crippen LogP contribution in [0.15, 0.2) is 30.0 Å². The summed E-state index contributed by atoms with van der Waals surface area (Å²) in [6.07, 6.45) is -5.34. The van der Waals surface area contributed by atoms with Crippen molar-refractivity contribution in [3.63, 3.8) is 0 Å². The number of rotatable bonds is 2. The lowest BCUT2D eigenvalue weighted by atomic mass is 10.1. The molecule has 23 heteroatoms. The number of nitrogens with two attached hydrogens (primary N) is 1. The molecule has 7 rings (SSSR count). The predicted octanol–water partition coefficient (Wildman–Crippen LogP) is -1.20. The van der Waals surface area contributed by atoms with Gasteiger partial charge in [0.1, 0.15) is 42.5 Å². The number of nitrogen functional groups attached to an aromatic ring is 1. The Morgan fingerprint density at radius 3 is 2.72 bits per heavy atom. The van der Waals surface area contributed by atoms with Gasteiger partial charge in [-0.15, -0.1) is 0 Å². The molecular weight excluding hydrogens is 622 g/mol. The largest absolute Gasteiger partial charge is 0.472 e. The number of hydrogen-bond acceptors (Lipinski definition) is 15. The second-order valence-electron chi connectivity index (χ2n) is 9.81. The average Bonchev–Trinajstić information content (AvgIpc) is 3.72. The number of alkyl halides is 1. The van der Waals surface area contributed by atoms with E-state index in [0.29, 0.717) is 0 Å². The third kappa shape index (κ3) is 5.09. The normalized spacial score (nSPS) is 34.9. The molecule has 4 aromatic heterocycles. The summed E-state index contributed by atoms with van der Waals surface area (Å²) in [6, 6.07) is 0. The van der Waals surface area contributed by atoms with Gasteiger partial charge in [0.25, 0.3) is 5.56 Å². The first-order chi connectivity index (χ1) is 20.5. The molecule has 7 heterocycles. The van der Waals surface area contributed by atoms with Gasteiger partial charge in [0.15, 0.2) is 29.4 Å². The lowest BCUT2D eigenvalue weighted by Gasteiger charge is -2.25. The Labute approximate surface area is 239 Å². The topological polar surface area (TPSA) is 263 Å². The molecule has 0 bridgehead atoms. The van der Waals surface area contributed by atoms with Crippen LogP contribution in [0.25, 0.3) is 22.2 Å². The van der Waals surface area contributed by atoms with Crippen LogP contribution in [0, 0.1) is 0 Å². The van der Waals surface area contributed by atoms with Crippen molar-refractivity contribution in [2.24, 2.45) is 0 Å². The van der Waals surface area contributed by atoms with Crippen molar-refractivity contribution in [2.45, 2.75) is 49.5 Å². The van der Waals surface area contributed by atoms with Crippen molar-refractivity contribution >= 4 is 46.1 Å². The molecule has 4 aromatic rings. The number of aromatic nitrogens is 8. The second kappa shape index (κ2) is 10.3. The van der Waals surface area contributed by atoms with Crippen LogP contribution < -0.4 is 16.0 Å². The summed E-state index contributed by atoms with van der Waals surface area (Å²) in [7, 11) is -9.52. The Hall–Kier alpha value is -3.47. The summed E-state index contributed by atoms with van der Waals surface area (Å²) in [5.41, 5.74) is 5.87. The van der Waals surface area contributed by atoms with E-state index in [2.05, 4.69) is 34.9 Å². The van der Waals surface area contributed by atoms with Gasteiger partial charge in [-0.2, -0.15) is 18.2 Å². The number of phosphoric acid groups is 1. The van der Waals surface area contributed by atoms with E-state index in [9.17, 15) is 22.7 Å². The van der Waals surface area contributed by atoms with E-state index in [4.69, 9.17) is 28.4 Å². The number of aromatic amines is 1. The molecule has 0 spiro atoms. The Morgan fingerprint density at radius 1 is 1.09 bits per heavy atom. The van der Waals surface area contributed by atoms with Gasteiger partial charge in [-0.1, -0.05) is 0 Å². The standard InChI is InChI=1S/C20H22FN10O10PS/c21-13-16-10(39-20(13)31-7-26-15-17(22)23-5-24-18(15)31)3-28-43(35,36)41-9-1-12(38-11(9)4-37-42(33,34)40-16)30-6-25-14-8(30)2-27-29-19(14)32/h2,5-7,9-13,16,20,28H,1,3-4H2,(H,29,32)(H,33,34)(H2,22,23,24)/t9-,10+,11+,12+,13+,16+,20+/m0/s1. The number of phosphoric ester groups is 1. The summed E-state index contributed by atoms with van der Waals surface area (Å²) < 4.78 is 86.8. The number of nitrogens with zero attached hydrogens (tertiary/aromatic N) is 7. The van der Waals surface area contributed by atoms with Crippen molar-refractivity contribution in [3.05, 3.63) is 35.5 Å². The molecule has 3 fully saturated rings. The molecule has 3 aliphatic rings. The fourth-order valence-electron chi connectivity index (χ4n) is 5.23. The van der Waals surface area contributed by atoms with E-state index >= 15 is 4.39 Å². The smallest absolute Gasteiger partial charge is 0.382 e. The molecule has 0 radical (unpaired) electrons.